The number of hydrogen-bond acceptors (Lipinski definition) is 3. The van der Waals surface area contributed by atoms with Crippen LogP contribution >= 0.6 is 10.7 Å². The molecule has 0 bridgehead atoms. The van der Waals surface area contributed by atoms with Gasteiger partial charge in [0.2, 0.25) is 5.92 Å². The number of ether oxygens (including phenoxy) is 1. The lowest BCUT2D eigenvalue weighted by Crippen LogP contribution is -2.14. The minimum Gasteiger partial charge on any atom is -0.493 e. The lowest BCUT2D eigenvalue weighted by atomic mass is 10.1. The predicted molar refractivity (Wildman–Crippen MR) is 72.0 cm³/mol. The third kappa shape index (κ3) is 3.82. The molecule has 0 saturated heterocycles. The van der Waals surface area contributed by atoms with Gasteiger partial charge in [-0.05, 0) is 43.0 Å². The van der Waals surface area contributed by atoms with Gasteiger partial charge in [-0.2, -0.15) is 0 Å². The molecule has 0 heterocycles. The van der Waals surface area contributed by atoms with Gasteiger partial charge in [0.1, 0.15) is 5.75 Å². The van der Waals surface area contributed by atoms with Gasteiger partial charge in [-0.1, -0.05) is 0 Å². The van der Waals surface area contributed by atoms with Crippen molar-refractivity contribution in [2.24, 2.45) is 5.92 Å². The Balaban J connectivity index is 2.01. The molecule has 1 unspecified atom stereocenters. The number of halogens is 3. The molecule has 0 aliphatic heterocycles. The Hall–Kier alpha value is -0.880. The second kappa shape index (κ2) is 5.48. The van der Waals surface area contributed by atoms with E-state index < -0.39 is 15.0 Å². The summed E-state index contributed by atoms with van der Waals surface area (Å²) in [7, 11) is 1.47. The van der Waals surface area contributed by atoms with Crippen molar-refractivity contribution >= 4 is 19.7 Å². The fourth-order valence-electron chi connectivity index (χ4n) is 2.33. The maximum absolute atomic E-state index is 13.0. The number of hydrogen-bond donors (Lipinski definition) is 0. The van der Waals surface area contributed by atoms with Crippen LogP contribution in [0.4, 0.5) is 8.78 Å². The summed E-state index contributed by atoms with van der Waals surface area (Å²) in [5.41, 5.74) is 0.608. The normalized spacial score (nSPS) is 21.9. The molecule has 1 aliphatic carbocycles. The third-order valence-corrected chi connectivity index (χ3v) is 4.76. The van der Waals surface area contributed by atoms with Gasteiger partial charge in [0.15, 0.2) is 0 Å². The first-order valence-electron chi connectivity index (χ1n) is 6.23. The summed E-state index contributed by atoms with van der Waals surface area (Å²) in [6.45, 7) is 1.90. The van der Waals surface area contributed by atoms with Crippen LogP contribution in [0.5, 0.6) is 5.75 Å². The molecular formula is C13H15ClF2O3S. The van der Waals surface area contributed by atoms with Crippen LogP contribution in [0.3, 0.4) is 0 Å². The molecule has 1 aromatic carbocycles. The fourth-order valence-corrected chi connectivity index (χ4v) is 3.16. The molecule has 0 amide bonds. The lowest BCUT2D eigenvalue weighted by molar-refractivity contribution is 0.00291. The van der Waals surface area contributed by atoms with Gasteiger partial charge in [-0.3, -0.25) is 0 Å². The molecule has 0 spiro atoms. The molecular weight excluding hydrogens is 310 g/mol. The van der Waals surface area contributed by atoms with E-state index in [4.69, 9.17) is 15.4 Å². The van der Waals surface area contributed by atoms with Crippen molar-refractivity contribution in [2.45, 2.75) is 37.0 Å². The molecule has 0 N–H and O–H groups in total. The second-order valence-corrected chi connectivity index (χ2v) is 7.71. The zero-order chi connectivity index (χ0) is 15.0. The summed E-state index contributed by atoms with van der Waals surface area (Å²) in [5.74, 6) is -2.26. The van der Waals surface area contributed by atoms with Crippen molar-refractivity contribution < 1.29 is 21.9 Å². The van der Waals surface area contributed by atoms with Gasteiger partial charge < -0.3 is 4.74 Å². The third-order valence-electron chi connectivity index (χ3n) is 3.41. The first-order chi connectivity index (χ1) is 9.17. The van der Waals surface area contributed by atoms with E-state index in [9.17, 15) is 17.2 Å². The molecule has 1 aliphatic rings. The van der Waals surface area contributed by atoms with Crippen LogP contribution in [0.25, 0.3) is 0 Å². The molecule has 1 fully saturated rings. The average molecular weight is 325 g/mol. The van der Waals surface area contributed by atoms with Crippen molar-refractivity contribution in [1.82, 2.24) is 0 Å². The number of aryl methyl sites for hydroxylation is 1. The van der Waals surface area contributed by atoms with E-state index in [0.717, 1.165) is 0 Å². The zero-order valence-electron chi connectivity index (χ0n) is 10.9. The van der Waals surface area contributed by atoms with E-state index in [1.807, 2.05) is 0 Å². The molecule has 7 heteroatoms. The summed E-state index contributed by atoms with van der Waals surface area (Å²) in [6, 6.07) is 4.24. The molecule has 1 atom stereocenters. The Morgan fingerprint density at radius 3 is 2.65 bits per heavy atom. The minimum absolute atomic E-state index is 0.00332. The predicted octanol–water partition coefficient (Wildman–Crippen LogP) is 3.74. The molecule has 20 heavy (non-hydrogen) atoms. The highest BCUT2D eigenvalue weighted by Crippen LogP contribution is 2.39. The van der Waals surface area contributed by atoms with Crippen molar-refractivity contribution in [1.29, 1.82) is 0 Å². The Morgan fingerprint density at radius 1 is 1.45 bits per heavy atom. The summed E-state index contributed by atoms with van der Waals surface area (Å²) in [4.78, 5) is -0.00332. The quantitative estimate of drug-likeness (QED) is 0.792. The summed E-state index contributed by atoms with van der Waals surface area (Å²) >= 11 is 0. The zero-order valence-corrected chi connectivity index (χ0v) is 12.5. The van der Waals surface area contributed by atoms with Gasteiger partial charge in [0.05, 0.1) is 11.5 Å². The van der Waals surface area contributed by atoms with Crippen molar-refractivity contribution in [3.8, 4) is 5.75 Å². The van der Waals surface area contributed by atoms with Gasteiger partial charge in [-0.25, -0.2) is 17.2 Å². The van der Waals surface area contributed by atoms with Crippen LogP contribution in [0.15, 0.2) is 23.1 Å². The van der Waals surface area contributed by atoms with Gasteiger partial charge in [0, 0.05) is 23.5 Å². The van der Waals surface area contributed by atoms with E-state index in [2.05, 4.69) is 0 Å². The number of rotatable bonds is 4. The monoisotopic (exact) mass is 324 g/mol. The molecule has 0 aromatic heterocycles. The van der Waals surface area contributed by atoms with E-state index in [1.165, 1.54) is 18.2 Å². The van der Waals surface area contributed by atoms with E-state index >= 15 is 0 Å². The second-order valence-electron chi connectivity index (χ2n) is 5.14. The highest BCUT2D eigenvalue weighted by molar-refractivity contribution is 8.13. The molecule has 3 nitrogen and oxygen atoms in total. The van der Waals surface area contributed by atoms with Gasteiger partial charge >= 0.3 is 0 Å². The van der Waals surface area contributed by atoms with Crippen LogP contribution in [-0.4, -0.2) is 20.9 Å². The topological polar surface area (TPSA) is 43.4 Å². The number of benzene rings is 1. The van der Waals surface area contributed by atoms with Gasteiger partial charge in [-0.15, -0.1) is 0 Å². The van der Waals surface area contributed by atoms with E-state index in [0.29, 0.717) is 17.7 Å². The largest absolute Gasteiger partial charge is 0.493 e. The average Bonchev–Trinajstić information content (AvgIpc) is 2.66. The highest BCUT2D eigenvalue weighted by Gasteiger charge is 2.39. The lowest BCUT2D eigenvalue weighted by Gasteiger charge is -2.14. The summed E-state index contributed by atoms with van der Waals surface area (Å²) < 4.78 is 54.0. The maximum atomic E-state index is 13.0. The van der Waals surface area contributed by atoms with Crippen LogP contribution in [0.1, 0.15) is 24.8 Å². The molecule has 0 radical (unpaired) electrons. The molecule has 2 rings (SSSR count). The SMILES string of the molecule is Cc1cc(S(=O)(=O)Cl)ccc1OCC1CCC(F)(F)C1. The Morgan fingerprint density at radius 2 is 2.15 bits per heavy atom. The van der Waals surface area contributed by atoms with Crippen molar-refractivity contribution in [3.05, 3.63) is 23.8 Å². The highest BCUT2D eigenvalue weighted by atomic mass is 35.7. The van der Waals surface area contributed by atoms with Crippen LogP contribution in [0.2, 0.25) is 0 Å². The summed E-state index contributed by atoms with van der Waals surface area (Å²) in [5, 5.41) is 0. The Labute approximate surface area is 121 Å². The van der Waals surface area contributed by atoms with E-state index in [1.54, 1.807) is 6.92 Å². The maximum Gasteiger partial charge on any atom is 0.261 e. The van der Waals surface area contributed by atoms with Crippen molar-refractivity contribution in [2.75, 3.05) is 6.61 Å². The standard InChI is InChI=1S/C13H15ClF2O3S/c1-9-6-11(20(14,17)18)2-3-12(9)19-8-10-4-5-13(15,16)7-10/h2-3,6,10H,4-5,7-8H2,1H3. The first kappa shape index (κ1) is 15.5. The number of alkyl halides is 2. The summed E-state index contributed by atoms with van der Waals surface area (Å²) in [6.07, 6.45) is 0.198. The first-order valence-corrected chi connectivity index (χ1v) is 8.54. The van der Waals surface area contributed by atoms with E-state index in [-0.39, 0.29) is 30.3 Å². The molecule has 112 valence electrons. The minimum atomic E-state index is -3.77. The Kier molecular flexibility index (Phi) is 4.25. The fraction of sp³-hybridized carbons (Fsp3) is 0.538. The van der Waals surface area contributed by atoms with Crippen LogP contribution < -0.4 is 4.74 Å². The molecule has 1 saturated carbocycles. The van der Waals surface area contributed by atoms with Crippen LogP contribution in [-0.2, 0) is 9.05 Å². The van der Waals surface area contributed by atoms with Crippen LogP contribution in [0, 0.1) is 12.8 Å². The molecule has 1 aromatic rings. The van der Waals surface area contributed by atoms with Crippen molar-refractivity contribution in [3.63, 3.8) is 0 Å². The Bertz CT molecular complexity index is 602. The smallest absolute Gasteiger partial charge is 0.261 e. The van der Waals surface area contributed by atoms with Gasteiger partial charge in [0.25, 0.3) is 9.05 Å².